The Labute approximate surface area is 88.5 Å². The van der Waals surface area contributed by atoms with Crippen LogP contribution in [0.5, 0.6) is 0 Å². The van der Waals surface area contributed by atoms with Crippen LogP contribution in [0.15, 0.2) is 29.2 Å². The number of thioether (sulfide) groups is 1. The van der Waals surface area contributed by atoms with E-state index in [0.717, 1.165) is 6.08 Å². The Bertz CT molecular complexity index is 522. The van der Waals surface area contributed by atoms with Gasteiger partial charge in [-0.3, -0.25) is 0 Å². The smallest absolute Gasteiger partial charge is 0.328 e. The van der Waals surface area contributed by atoms with Crippen LogP contribution in [-0.4, -0.2) is 31.0 Å². The van der Waals surface area contributed by atoms with Crippen LogP contribution in [0.2, 0.25) is 0 Å². The second kappa shape index (κ2) is 4.09. The van der Waals surface area contributed by atoms with Crippen molar-refractivity contribution < 1.29 is 9.90 Å². The van der Waals surface area contributed by atoms with E-state index in [1.807, 2.05) is 0 Å². The third kappa shape index (κ3) is 2.13. The molecule has 0 fully saturated rings. The van der Waals surface area contributed by atoms with Crippen LogP contribution in [0, 0.1) is 0 Å². The van der Waals surface area contributed by atoms with Crippen LogP contribution in [0.1, 0.15) is 0 Å². The van der Waals surface area contributed by atoms with Crippen molar-refractivity contribution in [2.24, 2.45) is 0 Å². The Morgan fingerprint density at radius 1 is 1.47 bits per heavy atom. The van der Waals surface area contributed by atoms with E-state index in [9.17, 15) is 4.79 Å². The van der Waals surface area contributed by atoms with Crippen LogP contribution in [0.25, 0.3) is 11.2 Å². The molecule has 0 saturated carbocycles. The van der Waals surface area contributed by atoms with E-state index in [4.69, 9.17) is 5.11 Å². The van der Waals surface area contributed by atoms with Crippen LogP contribution in [0.4, 0.5) is 0 Å². The molecule has 0 atom stereocenters. The minimum absolute atomic E-state index is 0.566. The van der Waals surface area contributed by atoms with Crippen LogP contribution in [-0.2, 0) is 4.79 Å². The van der Waals surface area contributed by atoms with E-state index in [-0.39, 0.29) is 0 Å². The maximum Gasteiger partial charge on any atom is 0.328 e. The molecule has 2 aromatic heterocycles. The predicted octanol–water partition coefficient (Wildman–Crippen LogP) is 1.04. The topological polar surface area (TPSA) is 91.8 Å². The number of hydrogen-bond acceptors (Lipinski definition) is 5. The summed E-state index contributed by atoms with van der Waals surface area (Å²) >= 11 is 1.20. The molecule has 0 aliphatic heterocycles. The summed E-state index contributed by atoms with van der Waals surface area (Å²) in [5.74, 6) is -0.989. The van der Waals surface area contributed by atoms with Gasteiger partial charge in [-0.05, 0) is 5.41 Å². The number of nitrogens with zero attached hydrogens (tertiary/aromatic N) is 3. The first kappa shape index (κ1) is 9.66. The van der Waals surface area contributed by atoms with E-state index in [1.54, 1.807) is 0 Å². The molecule has 0 aliphatic rings. The van der Waals surface area contributed by atoms with Gasteiger partial charge >= 0.3 is 5.97 Å². The normalized spacial score (nSPS) is 11.2. The van der Waals surface area contributed by atoms with Gasteiger partial charge in [0, 0.05) is 6.08 Å². The first-order chi connectivity index (χ1) is 7.27. The van der Waals surface area contributed by atoms with Gasteiger partial charge in [0.25, 0.3) is 0 Å². The summed E-state index contributed by atoms with van der Waals surface area (Å²) in [4.78, 5) is 25.1. The van der Waals surface area contributed by atoms with Crippen LogP contribution < -0.4 is 0 Å². The molecule has 6 nitrogen and oxygen atoms in total. The minimum atomic E-state index is -0.989. The number of aromatic nitrogens is 4. The summed E-state index contributed by atoms with van der Waals surface area (Å²) < 4.78 is 0. The zero-order valence-electron chi connectivity index (χ0n) is 7.41. The number of rotatable bonds is 3. The molecule has 0 saturated heterocycles. The van der Waals surface area contributed by atoms with Gasteiger partial charge in [-0.1, -0.05) is 11.8 Å². The molecule has 2 heterocycles. The molecule has 2 aromatic rings. The number of fused-ring (bicyclic) bond motifs is 1. The molecule has 2 N–H and O–H groups in total. The summed E-state index contributed by atoms with van der Waals surface area (Å²) in [6, 6.07) is 0. The molecule has 0 spiro atoms. The lowest BCUT2D eigenvalue weighted by Gasteiger charge is -1.94. The largest absolute Gasteiger partial charge is 0.478 e. The number of hydrogen-bond donors (Lipinski definition) is 2. The fourth-order valence-corrected chi connectivity index (χ4v) is 1.68. The van der Waals surface area contributed by atoms with Gasteiger partial charge in [0.15, 0.2) is 5.65 Å². The standard InChI is InChI=1S/C8H6N4O2S/c13-5(14)1-2-15-8-6-7(10-3-9-6)11-4-12-8/h1-4H,(H,13,14)(H,9,10,11,12). The Hall–Kier alpha value is -1.89. The summed E-state index contributed by atoms with van der Waals surface area (Å²) in [6.45, 7) is 0. The fourth-order valence-electron chi connectivity index (χ4n) is 0.989. The summed E-state index contributed by atoms with van der Waals surface area (Å²) in [6.07, 6.45) is 3.96. The monoisotopic (exact) mass is 222 g/mol. The number of aliphatic carboxylic acids is 1. The predicted molar refractivity (Wildman–Crippen MR) is 54.3 cm³/mol. The summed E-state index contributed by atoms with van der Waals surface area (Å²) in [5, 5.41) is 10.5. The van der Waals surface area contributed by atoms with E-state index in [1.165, 1.54) is 29.8 Å². The van der Waals surface area contributed by atoms with Gasteiger partial charge in [-0.25, -0.2) is 19.7 Å². The van der Waals surface area contributed by atoms with Gasteiger partial charge in [0.1, 0.15) is 16.9 Å². The van der Waals surface area contributed by atoms with Crippen molar-refractivity contribution in [2.45, 2.75) is 5.03 Å². The molecule has 2 rings (SSSR count). The highest BCUT2D eigenvalue weighted by atomic mass is 32.2. The second-order valence-electron chi connectivity index (χ2n) is 2.54. The zero-order chi connectivity index (χ0) is 10.7. The number of imidazole rings is 1. The first-order valence-electron chi connectivity index (χ1n) is 3.97. The molecule has 76 valence electrons. The lowest BCUT2D eigenvalue weighted by atomic mass is 10.6. The van der Waals surface area contributed by atoms with Crippen molar-refractivity contribution in [3.8, 4) is 0 Å². The number of carboxylic acids is 1. The molecule has 0 unspecified atom stereocenters. The number of carbonyl (C=O) groups is 1. The first-order valence-corrected chi connectivity index (χ1v) is 4.85. The number of carboxylic acid groups (broad SMARTS) is 1. The highest BCUT2D eigenvalue weighted by Crippen LogP contribution is 2.22. The van der Waals surface area contributed by atoms with Crippen LogP contribution >= 0.6 is 11.8 Å². The average molecular weight is 222 g/mol. The highest BCUT2D eigenvalue weighted by molar-refractivity contribution is 8.02. The molecule has 15 heavy (non-hydrogen) atoms. The molecule has 0 radical (unpaired) electrons. The molecule has 0 aromatic carbocycles. The van der Waals surface area contributed by atoms with Gasteiger partial charge in [0.2, 0.25) is 0 Å². The number of nitrogens with one attached hydrogen (secondary N) is 1. The average Bonchev–Trinajstić information content (AvgIpc) is 2.65. The Morgan fingerprint density at radius 3 is 3.13 bits per heavy atom. The SMILES string of the molecule is O=C(O)C=CSc1ncnc2nc[nH]c12. The van der Waals surface area contributed by atoms with Crippen molar-refractivity contribution in [1.29, 1.82) is 0 Å². The van der Waals surface area contributed by atoms with E-state index in [2.05, 4.69) is 19.9 Å². The third-order valence-electron chi connectivity index (χ3n) is 1.58. The third-order valence-corrected chi connectivity index (χ3v) is 2.38. The Kier molecular flexibility index (Phi) is 2.64. The summed E-state index contributed by atoms with van der Waals surface area (Å²) in [7, 11) is 0. The molecule has 0 amide bonds. The van der Waals surface area contributed by atoms with Crippen LogP contribution in [0.3, 0.4) is 0 Å². The zero-order valence-corrected chi connectivity index (χ0v) is 8.23. The molecular formula is C8H6N4O2S. The summed E-state index contributed by atoms with van der Waals surface area (Å²) in [5.41, 5.74) is 1.27. The van der Waals surface area contributed by atoms with Crippen molar-refractivity contribution in [3.63, 3.8) is 0 Å². The van der Waals surface area contributed by atoms with Crippen molar-refractivity contribution >= 4 is 28.9 Å². The molecule has 7 heteroatoms. The quantitative estimate of drug-likeness (QED) is 0.458. The maximum absolute atomic E-state index is 10.3. The Morgan fingerprint density at radius 2 is 2.33 bits per heavy atom. The molecule has 0 aliphatic carbocycles. The second-order valence-corrected chi connectivity index (χ2v) is 3.43. The van der Waals surface area contributed by atoms with Gasteiger partial charge in [0.05, 0.1) is 6.33 Å². The van der Waals surface area contributed by atoms with Crippen molar-refractivity contribution in [1.82, 2.24) is 19.9 Å². The van der Waals surface area contributed by atoms with E-state index >= 15 is 0 Å². The molecular weight excluding hydrogens is 216 g/mol. The van der Waals surface area contributed by atoms with Crippen molar-refractivity contribution in [3.05, 3.63) is 24.1 Å². The van der Waals surface area contributed by atoms with Gasteiger partial charge in [-0.15, -0.1) is 0 Å². The number of H-pyrrole nitrogens is 1. The number of aromatic amines is 1. The van der Waals surface area contributed by atoms with Gasteiger partial charge < -0.3 is 10.1 Å². The highest BCUT2D eigenvalue weighted by Gasteiger charge is 2.04. The Balaban J connectivity index is 2.27. The lowest BCUT2D eigenvalue weighted by molar-refractivity contribution is -0.131. The van der Waals surface area contributed by atoms with Crippen molar-refractivity contribution in [2.75, 3.05) is 0 Å². The van der Waals surface area contributed by atoms with Gasteiger partial charge in [-0.2, -0.15) is 0 Å². The van der Waals surface area contributed by atoms with E-state index in [0.29, 0.717) is 16.2 Å². The minimum Gasteiger partial charge on any atom is -0.478 e. The lowest BCUT2D eigenvalue weighted by Crippen LogP contribution is -1.86. The van der Waals surface area contributed by atoms with E-state index < -0.39 is 5.97 Å². The fraction of sp³-hybridized carbons (Fsp3) is 0. The maximum atomic E-state index is 10.3. The molecule has 0 bridgehead atoms.